The van der Waals surface area contributed by atoms with Crippen LogP contribution >= 0.6 is 0 Å². The Hall–Kier alpha value is -3.02. The lowest BCUT2D eigenvalue weighted by Crippen LogP contribution is -2.24. The first-order valence-corrected chi connectivity index (χ1v) is 7.35. The van der Waals surface area contributed by atoms with Crippen LogP contribution in [0.4, 0.5) is 4.79 Å². The fourth-order valence-electron chi connectivity index (χ4n) is 2.76. The predicted octanol–water partition coefficient (Wildman–Crippen LogP) is 3.59. The number of benzene rings is 2. The van der Waals surface area contributed by atoms with Gasteiger partial charge in [0.05, 0.1) is 0 Å². The quantitative estimate of drug-likeness (QED) is 0.685. The molecule has 2 aromatic rings. The molecule has 1 aliphatic heterocycles. The van der Waals surface area contributed by atoms with Crippen molar-refractivity contribution in [3.8, 4) is 11.5 Å². The van der Waals surface area contributed by atoms with Gasteiger partial charge in [-0.05, 0) is 49.6 Å². The maximum Gasteiger partial charge on any atom is 0.511 e. The molecule has 124 valence electrons. The van der Waals surface area contributed by atoms with Gasteiger partial charge in [0.1, 0.15) is 0 Å². The second-order valence-electron chi connectivity index (χ2n) is 5.62. The zero-order valence-electron chi connectivity index (χ0n) is 13.5. The van der Waals surface area contributed by atoms with Crippen molar-refractivity contribution in [1.82, 2.24) is 0 Å². The Balaban J connectivity index is 1.97. The maximum atomic E-state index is 12.9. The molecule has 0 spiro atoms. The van der Waals surface area contributed by atoms with Gasteiger partial charge in [-0.15, -0.1) is 0 Å². The monoisotopic (exact) mass is 328 g/mol. The Labute approximate surface area is 138 Å². The summed E-state index contributed by atoms with van der Waals surface area (Å²) in [5.74, 6) is 0.510. The van der Waals surface area contributed by atoms with Gasteiger partial charge >= 0.3 is 12.6 Å². The van der Waals surface area contributed by atoms with Gasteiger partial charge in [-0.2, -0.15) is 0 Å². The molecule has 1 unspecified atom stereocenters. The van der Waals surface area contributed by atoms with E-state index in [9.17, 15) is 9.59 Å². The molecule has 1 heterocycles. The molecule has 0 saturated heterocycles. The van der Waals surface area contributed by atoms with Gasteiger partial charge in [-0.3, -0.25) is 4.79 Å². The van der Waals surface area contributed by atoms with E-state index in [0.717, 1.165) is 11.1 Å². The summed E-state index contributed by atoms with van der Waals surface area (Å²) >= 11 is 0. The molecule has 1 N–H and O–H groups in total. The molecule has 0 radical (unpaired) electrons. The molecule has 6 nitrogen and oxygen atoms in total. The summed E-state index contributed by atoms with van der Waals surface area (Å²) in [6, 6.07) is 8.88. The fourth-order valence-corrected chi connectivity index (χ4v) is 2.76. The number of ketones is 1. The van der Waals surface area contributed by atoms with Gasteiger partial charge < -0.3 is 19.3 Å². The molecule has 1 atom stereocenters. The molecule has 0 aromatic heterocycles. The number of ether oxygens (including phenoxy) is 3. The summed E-state index contributed by atoms with van der Waals surface area (Å²) in [7, 11) is 0. The lowest BCUT2D eigenvalue weighted by molar-refractivity contribution is -0.147. The van der Waals surface area contributed by atoms with Crippen molar-refractivity contribution in [2.24, 2.45) is 0 Å². The Morgan fingerprint density at radius 3 is 2.17 bits per heavy atom. The second kappa shape index (κ2) is 5.88. The van der Waals surface area contributed by atoms with Crippen LogP contribution in [0, 0.1) is 20.8 Å². The summed E-state index contributed by atoms with van der Waals surface area (Å²) in [6.45, 7) is 4.21. The van der Waals surface area contributed by atoms with Crippen LogP contribution in [0.15, 0.2) is 30.3 Å². The highest BCUT2D eigenvalue weighted by atomic mass is 16.9. The lowest BCUT2D eigenvalue weighted by atomic mass is 9.92. The van der Waals surface area contributed by atoms with Crippen LogP contribution in [-0.2, 0) is 4.74 Å². The Bertz CT molecular complexity index is 819. The number of rotatable bonds is 3. The van der Waals surface area contributed by atoms with E-state index in [0.29, 0.717) is 22.4 Å². The van der Waals surface area contributed by atoms with Crippen molar-refractivity contribution >= 4 is 11.9 Å². The summed E-state index contributed by atoms with van der Waals surface area (Å²) in [5.41, 5.74) is 3.62. The van der Waals surface area contributed by atoms with Crippen LogP contribution in [-0.4, -0.2) is 23.5 Å². The van der Waals surface area contributed by atoms with Gasteiger partial charge in [-0.1, -0.05) is 18.2 Å². The highest BCUT2D eigenvalue weighted by molar-refractivity contribution is 6.12. The molecule has 1 aliphatic rings. The largest absolute Gasteiger partial charge is 0.511 e. The first-order valence-electron chi connectivity index (χ1n) is 7.35. The molecule has 0 saturated carbocycles. The molecular weight excluding hydrogens is 312 g/mol. The number of carboxylic acid groups (broad SMARTS) is 1. The molecule has 6 heteroatoms. The van der Waals surface area contributed by atoms with Crippen molar-refractivity contribution < 1.29 is 28.9 Å². The molecule has 0 fully saturated rings. The van der Waals surface area contributed by atoms with Gasteiger partial charge in [0.2, 0.25) is 0 Å². The molecule has 24 heavy (non-hydrogen) atoms. The molecule has 0 aliphatic carbocycles. The number of carbonyl (C=O) groups is 2. The molecule has 0 bridgehead atoms. The number of fused-ring (bicyclic) bond motifs is 1. The van der Waals surface area contributed by atoms with E-state index < -0.39 is 12.6 Å². The van der Waals surface area contributed by atoms with Gasteiger partial charge in [0.15, 0.2) is 17.3 Å². The highest BCUT2D eigenvalue weighted by Crippen LogP contribution is 2.38. The number of hydrogen-bond acceptors (Lipinski definition) is 5. The Kier molecular flexibility index (Phi) is 3.89. The van der Waals surface area contributed by atoms with Crippen LogP contribution in [0.2, 0.25) is 0 Å². The Morgan fingerprint density at radius 1 is 1.00 bits per heavy atom. The van der Waals surface area contributed by atoms with E-state index in [1.54, 1.807) is 19.1 Å². The normalized spacial score (nSPS) is 15.2. The lowest BCUT2D eigenvalue weighted by Gasteiger charge is -2.11. The number of hydrogen-bond donors (Lipinski definition) is 1. The zero-order valence-corrected chi connectivity index (χ0v) is 13.5. The predicted molar refractivity (Wildman–Crippen MR) is 84.7 cm³/mol. The van der Waals surface area contributed by atoms with Crippen molar-refractivity contribution in [2.75, 3.05) is 0 Å². The van der Waals surface area contributed by atoms with E-state index in [-0.39, 0.29) is 11.5 Å². The standard InChI is InChI=1S/C18H16O6/c1-9-5-4-6-10(2)15(9)16(19)12-8-14-13(7-11(12)3)22-18(23-14)24-17(20)21/h4-8,18H,1-3H3,(H,20,21). The topological polar surface area (TPSA) is 82.1 Å². The number of carbonyl (C=O) groups excluding carboxylic acids is 1. The van der Waals surface area contributed by atoms with Gasteiger partial charge in [-0.25, -0.2) is 4.79 Å². The van der Waals surface area contributed by atoms with Gasteiger partial charge in [0, 0.05) is 11.1 Å². The van der Waals surface area contributed by atoms with Crippen LogP contribution in [0.3, 0.4) is 0 Å². The minimum absolute atomic E-state index is 0.114. The van der Waals surface area contributed by atoms with Crippen LogP contribution in [0.1, 0.15) is 32.6 Å². The van der Waals surface area contributed by atoms with E-state index in [1.807, 2.05) is 32.0 Å². The first kappa shape index (κ1) is 15.9. The average molecular weight is 328 g/mol. The zero-order chi connectivity index (χ0) is 17.4. The summed E-state index contributed by atoms with van der Waals surface area (Å²) in [5, 5.41) is 8.62. The highest BCUT2D eigenvalue weighted by Gasteiger charge is 2.30. The molecule has 2 aromatic carbocycles. The third kappa shape index (κ3) is 2.78. The van der Waals surface area contributed by atoms with Gasteiger partial charge in [0.25, 0.3) is 0 Å². The number of aryl methyl sites for hydroxylation is 3. The van der Waals surface area contributed by atoms with E-state index in [1.165, 1.54) is 0 Å². The van der Waals surface area contributed by atoms with Crippen LogP contribution < -0.4 is 9.47 Å². The summed E-state index contributed by atoms with van der Waals surface area (Å²) in [6.07, 6.45) is -1.50. The smallest absolute Gasteiger partial charge is 0.450 e. The van der Waals surface area contributed by atoms with E-state index in [4.69, 9.17) is 14.6 Å². The second-order valence-corrected chi connectivity index (χ2v) is 5.62. The average Bonchev–Trinajstić information content (AvgIpc) is 2.86. The SMILES string of the molecule is Cc1cc2c(cc1C(=O)c1c(C)cccc1C)OC(OC(=O)O)O2. The van der Waals surface area contributed by atoms with Crippen LogP contribution in [0.5, 0.6) is 11.5 Å². The van der Waals surface area contributed by atoms with Crippen molar-refractivity contribution in [3.05, 3.63) is 58.1 Å². The van der Waals surface area contributed by atoms with Crippen LogP contribution in [0.25, 0.3) is 0 Å². The molecule has 0 amide bonds. The summed E-state index contributed by atoms with van der Waals surface area (Å²) < 4.78 is 15.0. The van der Waals surface area contributed by atoms with Crippen molar-refractivity contribution in [1.29, 1.82) is 0 Å². The fraction of sp³-hybridized carbons (Fsp3) is 0.222. The molecule has 3 rings (SSSR count). The van der Waals surface area contributed by atoms with Crippen molar-refractivity contribution in [2.45, 2.75) is 27.2 Å². The third-order valence-corrected chi connectivity index (χ3v) is 3.89. The first-order chi connectivity index (χ1) is 11.4. The van der Waals surface area contributed by atoms with E-state index in [2.05, 4.69) is 4.74 Å². The third-order valence-electron chi connectivity index (χ3n) is 3.89. The molecular formula is C18H16O6. The minimum atomic E-state index is -1.50. The Morgan fingerprint density at radius 2 is 1.58 bits per heavy atom. The minimum Gasteiger partial charge on any atom is -0.450 e. The maximum absolute atomic E-state index is 12.9. The van der Waals surface area contributed by atoms with Crippen molar-refractivity contribution in [3.63, 3.8) is 0 Å². The van der Waals surface area contributed by atoms with E-state index >= 15 is 0 Å². The summed E-state index contributed by atoms with van der Waals surface area (Å²) in [4.78, 5) is 23.5.